The molecule has 2 N–H and O–H groups in total. The highest BCUT2D eigenvalue weighted by Crippen LogP contribution is 2.34. The molecule has 0 aromatic heterocycles. The summed E-state index contributed by atoms with van der Waals surface area (Å²) in [5.41, 5.74) is 5.58. The lowest BCUT2D eigenvalue weighted by atomic mass is 9.87. The molecule has 2 aromatic rings. The molecule has 2 heterocycles. The van der Waals surface area contributed by atoms with Crippen molar-refractivity contribution < 1.29 is 19.1 Å². The normalized spacial score (nSPS) is 15.8. The summed E-state index contributed by atoms with van der Waals surface area (Å²) in [4.78, 5) is 25.3. The van der Waals surface area contributed by atoms with Crippen LogP contribution in [0.5, 0.6) is 5.75 Å². The predicted octanol–water partition coefficient (Wildman–Crippen LogP) is 2.07. The van der Waals surface area contributed by atoms with Crippen molar-refractivity contribution in [3.63, 3.8) is 0 Å². The number of amides is 3. The van der Waals surface area contributed by atoms with Gasteiger partial charge < -0.3 is 25.0 Å². The average molecular weight is 395 g/mol. The second kappa shape index (κ2) is 8.53. The molecule has 0 spiro atoms. The van der Waals surface area contributed by atoms with Gasteiger partial charge in [0.15, 0.2) is 0 Å². The molecule has 1 saturated heterocycles. The summed E-state index contributed by atoms with van der Waals surface area (Å²) in [6.45, 7) is 2.75. The van der Waals surface area contributed by atoms with Crippen LogP contribution in [0.1, 0.15) is 16.7 Å². The van der Waals surface area contributed by atoms with Gasteiger partial charge in [-0.25, -0.2) is 4.79 Å². The lowest BCUT2D eigenvalue weighted by Crippen LogP contribution is -2.53. The molecule has 0 atom stereocenters. The molecule has 152 valence electrons. The van der Waals surface area contributed by atoms with E-state index in [1.807, 2.05) is 29.2 Å². The molecule has 7 nitrogen and oxygen atoms in total. The van der Waals surface area contributed by atoms with Gasteiger partial charge in [-0.3, -0.25) is 4.79 Å². The van der Waals surface area contributed by atoms with Crippen LogP contribution in [0.3, 0.4) is 0 Å². The van der Waals surface area contributed by atoms with Gasteiger partial charge in [0, 0.05) is 19.6 Å². The van der Waals surface area contributed by atoms with E-state index < -0.39 is 0 Å². The molecule has 7 heteroatoms. The van der Waals surface area contributed by atoms with Crippen molar-refractivity contribution in [3.8, 4) is 16.9 Å². The first kappa shape index (κ1) is 19.3. The fourth-order valence-corrected chi connectivity index (χ4v) is 3.88. The van der Waals surface area contributed by atoms with Crippen LogP contribution in [-0.4, -0.2) is 50.3 Å². The molecule has 2 aliphatic heterocycles. The van der Waals surface area contributed by atoms with Crippen LogP contribution in [0, 0.1) is 0 Å². The Morgan fingerprint density at radius 2 is 2.14 bits per heavy atom. The Kier molecular flexibility index (Phi) is 5.67. The quantitative estimate of drug-likeness (QED) is 0.734. The van der Waals surface area contributed by atoms with Crippen LogP contribution >= 0.6 is 0 Å². The highest BCUT2D eigenvalue weighted by Gasteiger charge is 2.28. The van der Waals surface area contributed by atoms with E-state index in [-0.39, 0.29) is 12.1 Å². The van der Waals surface area contributed by atoms with Crippen LogP contribution in [0.15, 0.2) is 36.4 Å². The molecule has 2 aliphatic rings. The van der Waals surface area contributed by atoms with Crippen LogP contribution in [0.4, 0.5) is 4.79 Å². The lowest BCUT2D eigenvalue weighted by molar-refractivity contribution is -0.109. The summed E-state index contributed by atoms with van der Waals surface area (Å²) < 4.78 is 10.5. The first-order chi connectivity index (χ1) is 14.2. The van der Waals surface area contributed by atoms with E-state index in [4.69, 9.17) is 9.47 Å². The summed E-state index contributed by atoms with van der Waals surface area (Å²) in [6, 6.07) is 12.2. The number of carbonyl (C=O) groups is 2. The van der Waals surface area contributed by atoms with E-state index in [1.165, 1.54) is 5.56 Å². The topological polar surface area (TPSA) is 79.9 Å². The number of urea groups is 1. The van der Waals surface area contributed by atoms with Gasteiger partial charge in [0.2, 0.25) is 6.41 Å². The fourth-order valence-electron chi connectivity index (χ4n) is 3.88. The van der Waals surface area contributed by atoms with E-state index in [1.54, 1.807) is 7.11 Å². The minimum absolute atomic E-state index is 0.0648. The van der Waals surface area contributed by atoms with Crippen LogP contribution < -0.4 is 15.4 Å². The van der Waals surface area contributed by atoms with Crippen LogP contribution in [-0.2, 0) is 29.0 Å². The Balaban J connectivity index is 1.65. The third kappa shape index (κ3) is 4.05. The van der Waals surface area contributed by atoms with Gasteiger partial charge >= 0.3 is 6.03 Å². The standard InChI is InChI=1S/C22H25N3O4/c1-28-18-4-2-3-15(9-18)19-6-5-16(10-23-14-26)21-11-25(8-7-20(19)21)22(27)24-17-12-29-13-17/h2-6,9,14,17H,7-8,10-13H2,1H3,(H,23,26)(H,24,27). The number of nitrogens with one attached hydrogen (secondary N) is 2. The van der Waals surface area contributed by atoms with Gasteiger partial charge in [-0.15, -0.1) is 0 Å². The van der Waals surface area contributed by atoms with E-state index in [2.05, 4.69) is 22.8 Å². The maximum absolute atomic E-state index is 12.6. The monoisotopic (exact) mass is 395 g/mol. The zero-order chi connectivity index (χ0) is 20.2. The van der Waals surface area contributed by atoms with Gasteiger partial charge in [0.1, 0.15) is 5.75 Å². The number of ether oxygens (including phenoxy) is 2. The Bertz CT molecular complexity index is 911. The molecule has 0 unspecified atom stereocenters. The molecule has 4 rings (SSSR count). The zero-order valence-corrected chi connectivity index (χ0v) is 16.4. The van der Waals surface area contributed by atoms with Crippen molar-refractivity contribution in [1.82, 2.24) is 15.5 Å². The first-order valence-electron chi connectivity index (χ1n) is 9.78. The smallest absolute Gasteiger partial charge is 0.318 e. The Labute approximate surface area is 170 Å². The molecule has 3 amide bonds. The Hall–Kier alpha value is -3.06. The third-order valence-corrected chi connectivity index (χ3v) is 5.52. The lowest BCUT2D eigenvalue weighted by Gasteiger charge is -2.35. The Morgan fingerprint density at radius 3 is 2.86 bits per heavy atom. The van der Waals surface area contributed by atoms with Crippen molar-refractivity contribution in [3.05, 3.63) is 53.1 Å². The number of methoxy groups -OCH3 is 1. The minimum Gasteiger partial charge on any atom is -0.497 e. The molecule has 0 aliphatic carbocycles. The van der Waals surface area contributed by atoms with Gasteiger partial charge in [-0.2, -0.15) is 0 Å². The molecule has 1 fully saturated rings. The van der Waals surface area contributed by atoms with Crippen molar-refractivity contribution >= 4 is 12.4 Å². The first-order valence-corrected chi connectivity index (χ1v) is 9.78. The third-order valence-electron chi connectivity index (χ3n) is 5.52. The summed E-state index contributed by atoms with van der Waals surface area (Å²) in [7, 11) is 1.66. The number of fused-ring (bicyclic) bond motifs is 1. The molecule has 0 bridgehead atoms. The molecule has 29 heavy (non-hydrogen) atoms. The molecular weight excluding hydrogens is 370 g/mol. The minimum atomic E-state index is -0.0648. The van der Waals surface area contributed by atoms with Gasteiger partial charge in [-0.05, 0) is 46.4 Å². The predicted molar refractivity (Wildman–Crippen MR) is 109 cm³/mol. The molecule has 0 saturated carbocycles. The van der Waals surface area contributed by atoms with Crippen LogP contribution in [0.2, 0.25) is 0 Å². The molecular formula is C22H25N3O4. The summed E-state index contributed by atoms with van der Waals surface area (Å²) in [6.07, 6.45) is 1.46. The summed E-state index contributed by atoms with van der Waals surface area (Å²) in [5, 5.41) is 5.77. The van der Waals surface area contributed by atoms with E-state index in [9.17, 15) is 9.59 Å². The number of nitrogens with zero attached hydrogens (tertiary/aromatic N) is 1. The summed E-state index contributed by atoms with van der Waals surface area (Å²) in [5.74, 6) is 0.808. The SMILES string of the molecule is COc1cccc(-c2ccc(CNC=O)c3c2CCN(C(=O)NC2COC2)C3)c1. The van der Waals surface area contributed by atoms with E-state index in [0.717, 1.165) is 34.4 Å². The Morgan fingerprint density at radius 1 is 1.28 bits per heavy atom. The van der Waals surface area contributed by atoms with E-state index in [0.29, 0.717) is 39.3 Å². The second-order valence-corrected chi connectivity index (χ2v) is 7.32. The van der Waals surface area contributed by atoms with Crippen molar-refractivity contribution in [2.24, 2.45) is 0 Å². The zero-order valence-electron chi connectivity index (χ0n) is 16.4. The number of hydrogen-bond acceptors (Lipinski definition) is 4. The largest absolute Gasteiger partial charge is 0.497 e. The molecule has 2 aromatic carbocycles. The highest BCUT2D eigenvalue weighted by molar-refractivity contribution is 5.77. The van der Waals surface area contributed by atoms with Gasteiger partial charge in [0.05, 0.1) is 26.4 Å². The van der Waals surface area contributed by atoms with Crippen molar-refractivity contribution in [2.75, 3.05) is 26.9 Å². The number of carbonyl (C=O) groups excluding carboxylic acids is 2. The maximum Gasteiger partial charge on any atom is 0.318 e. The summed E-state index contributed by atoms with van der Waals surface area (Å²) >= 11 is 0. The van der Waals surface area contributed by atoms with Gasteiger partial charge in [0.25, 0.3) is 0 Å². The molecule has 0 radical (unpaired) electrons. The number of rotatable bonds is 6. The highest BCUT2D eigenvalue weighted by atomic mass is 16.5. The number of benzene rings is 2. The number of hydrogen-bond donors (Lipinski definition) is 2. The maximum atomic E-state index is 12.6. The van der Waals surface area contributed by atoms with Crippen molar-refractivity contribution in [2.45, 2.75) is 25.6 Å². The van der Waals surface area contributed by atoms with E-state index >= 15 is 0 Å². The van der Waals surface area contributed by atoms with Crippen molar-refractivity contribution in [1.29, 1.82) is 0 Å². The van der Waals surface area contributed by atoms with Crippen LogP contribution in [0.25, 0.3) is 11.1 Å². The average Bonchev–Trinajstić information content (AvgIpc) is 2.74. The fraction of sp³-hybridized carbons (Fsp3) is 0.364. The van der Waals surface area contributed by atoms with Gasteiger partial charge in [-0.1, -0.05) is 24.3 Å². The second-order valence-electron chi connectivity index (χ2n) is 7.32.